The van der Waals surface area contributed by atoms with Crippen LogP contribution in [0.2, 0.25) is 0 Å². The monoisotopic (exact) mass is 291 g/mol. The SMILES string of the molecule is CC(C)C(C(=O)Nc1ccc(C(C)(C)C)cc1)C(N)=NO. The van der Waals surface area contributed by atoms with Crippen LogP contribution < -0.4 is 11.1 Å². The maximum atomic E-state index is 12.3. The zero-order valence-corrected chi connectivity index (χ0v) is 13.3. The number of nitrogens with two attached hydrogens (primary N) is 1. The summed E-state index contributed by atoms with van der Waals surface area (Å²) in [5, 5.41) is 14.5. The van der Waals surface area contributed by atoms with Crippen molar-refractivity contribution in [2.24, 2.45) is 22.7 Å². The summed E-state index contributed by atoms with van der Waals surface area (Å²) in [5.74, 6) is -1.07. The van der Waals surface area contributed by atoms with E-state index in [0.717, 1.165) is 0 Å². The summed E-state index contributed by atoms with van der Waals surface area (Å²) in [6, 6.07) is 7.71. The number of anilines is 1. The van der Waals surface area contributed by atoms with Gasteiger partial charge in [-0.1, -0.05) is 51.9 Å². The fourth-order valence-corrected chi connectivity index (χ4v) is 2.11. The number of hydrogen-bond acceptors (Lipinski definition) is 3. The van der Waals surface area contributed by atoms with Crippen LogP contribution in [0.1, 0.15) is 40.2 Å². The lowest BCUT2D eigenvalue weighted by Gasteiger charge is -2.21. The highest BCUT2D eigenvalue weighted by Crippen LogP contribution is 2.24. The summed E-state index contributed by atoms with van der Waals surface area (Å²) in [7, 11) is 0. The third-order valence-electron chi connectivity index (χ3n) is 3.40. The first-order valence-corrected chi connectivity index (χ1v) is 7.05. The second-order valence-corrected chi connectivity index (χ2v) is 6.56. The Morgan fingerprint density at radius 1 is 1.24 bits per heavy atom. The fourth-order valence-electron chi connectivity index (χ4n) is 2.11. The number of oxime groups is 1. The van der Waals surface area contributed by atoms with Crippen LogP contribution >= 0.6 is 0 Å². The molecule has 0 aliphatic rings. The van der Waals surface area contributed by atoms with Crippen LogP contribution in [-0.2, 0) is 10.2 Å². The van der Waals surface area contributed by atoms with E-state index in [0.29, 0.717) is 5.69 Å². The molecule has 1 unspecified atom stereocenters. The van der Waals surface area contributed by atoms with Gasteiger partial charge in [-0.05, 0) is 29.0 Å². The highest BCUT2D eigenvalue weighted by molar-refractivity contribution is 6.07. The number of benzene rings is 1. The normalized spacial score (nSPS) is 14.1. The maximum absolute atomic E-state index is 12.3. The summed E-state index contributed by atoms with van der Waals surface area (Å²) in [4.78, 5) is 12.3. The van der Waals surface area contributed by atoms with Crippen LogP contribution in [0, 0.1) is 11.8 Å². The van der Waals surface area contributed by atoms with Crippen LogP contribution in [0.25, 0.3) is 0 Å². The lowest BCUT2D eigenvalue weighted by molar-refractivity contribution is -0.119. The molecular formula is C16H25N3O2. The fraction of sp³-hybridized carbons (Fsp3) is 0.500. The van der Waals surface area contributed by atoms with Gasteiger partial charge in [0.05, 0.1) is 0 Å². The zero-order valence-electron chi connectivity index (χ0n) is 13.3. The molecule has 1 aromatic carbocycles. The molecule has 4 N–H and O–H groups in total. The van der Waals surface area contributed by atoms with E-state index in [1.165, 1.54) is 5.56 Å². The van der Waals surface area contributed by atoms with Gasteiger partial charge in [0, 0.05) is 5.69 Å². The molecule has 0 saturated heterocycles. The van der Waals surface area contributed by atoms with Crippen molar-refractivity contribution in [1.82, 2.24) is 0 Å². The predicted octanol–water partition coefficient (Wildman–Crippen LogP) is 2.94. The van der Waals surface area contributed by atoms with Gasteiger partial charge in [0.25, 0.3) is 0 Å². The van der Waals surface area contributed by atoms with E-state index < -0.39 is 5.92 Å². The minimum atomic E-state index is -0.655. The van der Waals surface area contributed by atoms with E-state index in [2.05, 4.69) is 31.2 Å². The highest BCUT2D eigenvalue weighted by Gasteiger charge is 2.26. The number of rotatable bonds is 4. The molecule has 0 radical (unpaired) electrons. The molecule has 1 aromatic rings. The number of amides is 1. The van der Waals surface area contributed by atoms with Gasteiger partial charge in [-0.2, -0.15) is 0 Å². The van der Waals surface area contributed by atoms with Crippen molar-refractivity contribution in [3.05, 3.63) is 29.8 Å². The number of carbonyl (C=O) groups is 1. The summed E-state index contributed by atoms with van der Waals surface area (Å²) in [6.45, 7) is 10.1. The largest absolute Gasteiger partial charge is 0.409 e. The Labute approximate surface area is 126 Å². The summed E-state index contributed by atoms with van der Waals surface area (Å²) < 4.78 is 0. The Kier molecular flexibility index (Phi) is 5.35. The first-order valence-electron chi connectivity index (χ1n) is 7.05. The molecule has 0 spiro atoms. The van der Waals surface area contributed by atoms with E-state index in [9.17, 15) is 4.79 Å². The third kappa shape index (κ3) is 4.48. The number of carbonyl (C=O) groups excluding carboxylic acids is 1. The smallest absolute Gasteiger partial charge is 0.235 e. The minimum absolute atomic E-state index is 0.0604. The molecule has 5 nitrogen and oxygen atoms in total. The first-order chi connectivity index (χ1) is 9.66. The summed E-state index contributed by atoms with van der Waals surface area (Å²) in [5.41, 5.74) is 7.55. The average molecular weight is 291 g/mol. The second kappa shape index (κ2) is 6.61. The van der Waals surface area contributed by atoms with Gasteiger partial charge in [-0.15, -0.1) is 0 Å². The molecule has 116 valence electrons. The first kappa shape index (κ1) is 17.0. The molecule has 0 aliphatic heterocycles. The van der Waals surface area contributed by atoms with Crippen LogP contribution in [0.3, 0.4) is 0 Å². The van der Waals surface area contributed by atoms with Crippen LogP contribution in [0.5, 0.6) is 0 Å². The molecule has 21 heavy (non-hydrogen) atoms. The number of nitrogens with one attached hydrogen (secondary N) is 1. The molecule has 0 aromatic heterocycles. The van der Waals surface area contributed by atoms with Crippen molar-refractivity contribution in [2.75, 3.05) is 5.32 Å². The van der Waals surface area contributed by atoms with Crippen molar-refractivity contribution in [3.8, 4) is 0 Å². The summed E-state index contributed by atoms with van der Waals surface area (Å²) >= 11 is 0. The van der Waals surface area contributed by atoms with Gasteiger partial charge in [0.1, 0.15) is 5.92 Å². The molecule has 0 bridgehead atoms. The maximum Gasteiger partial charge on any atom is 0.235 e. The Morgan fingerprint density at radius 2 is 1.76 bits per heavy atom. The molecule has 0 fully saturated rings. The van der Waals surface area contributed by atoms with Crippen molar-refractivity contribution in [3.63, 3.8) is 0 Å². The minimum Gasteiger partial charge on any atom is -0.409 e. The second-order valence-electron chi connectivity index (χ2n) is 6.56. The van der Waals surface area contributed by atoms with Crippen molar-refractivity contribution < 1.29 is 10.0 Å². The van der Waals surface area contributed by atoms with E-state index in [-0.39, 0.29) is 23.1 Å². The third-order valence-corrected chi connectivity index (χ3v) is 3.40. The van der Waals surface area contributed by atoms with Gasteiger partial charge >= 0.3 is 0 Å². The highest BCUT2D eigenvalue weighted by atomic mass is 16.4. The van der Waals surface area contributed by atoms with Crippen LogP contribution in [-0.4, -0.2) is 17.0 Å². The molecule has 1 atom stereocenters. The van der Waals surface area contributed by atoms with Crippen LogP contribution in [0.4, 0.5) is 5.69 Å². The van der Waals surface area contributed by atoms with Gasteiger partial charge < -0.3 is 16.3 Å². The molecule has 1 amide bonds. The topological polar surface area (TPSA) is 87.7 Å². The number of nitrogens with zero attached hydrogens (tertiary/aromatic N) is 1. The Hall–Kier alpha value is -2.04. The molecule has 1 rings (SSSR count). The van der Waals surface area contributed by atoms with Crippen molar-refractivity contribution >= 4 is 17.4 Å². The van der Waals surface area contributed by atoms with Crippen molar-refractivity contribution in [2.45, 2.75) is 40.0 Å². The Morgan fingerprint density at radius 3 is 2.14 bits per heavy atom. The van der Waals surface area contributed by atoms with E-state index >= 15 is 0 Å². The lowest BCUT2D eigenvalue weighted by Crippen LogP contribution is -2.38. The Balaban J connectivity index is 2.87. The van der Waals surface area contributed by atoms with Gasteiger partial charge in [0.15, 0.2) is 5.84 Å². The number of amidine groups is 1. The van der Waals surface area contributed by atoms with Gasteiger partial charge in [-0.3, -0.25) is 4.79 Å². The summed E-state index contributed by atoms with van der Waals surface area (Å²) in [6.07, 6.45) is 0. The lowest BCUT2D eigenvalue weighted by atomic mass is 9.87. The standard InChI is InChI=1S/C16H25N3O2/c1-10(2)13(14(17)19-21)15(20)18-12-8-6-11(7-9-12)16(3,4)5/h6-10,13,21H,1-5H3,(H2,17,19)(H,18,20). The van der Waals surface area contributed by atoms with Gasteiger partial charge in [-0.25, -0.2) is 0 Å². The molecule has 0 saturated carbocycles. The van der Waals surface area contributed by atoms with E-state index in [1.54, 1.807) is 0 Å². The van der Waals surface area contributed by atoms with Gasteiger partial charge in [0.2, 0.25) is 5.91 Å². The van der Waals surface area contributed by atoms with Crippen molar-refractivity contribution in [1.29, 1.82) is 0 Å². The predicted molar refractivity (Wildman–Crippen MR) is 85.5 cm³/mol. The molecule has 0 aliphatic carbocycles. The average Bonchev–Trinajstić information content (AvgIpc) is 2.37. The quantitative estimate of drug-likeness (QED) is 0.345. The van der Waals surface area contributed by atoms with Crippen LogP contribution in [0.15, 0.2) is 29.4 Å². The molecule has 5 heteroatoms. The Bertz CT molecular complexity index is 513. The molecule has 0 heterocycles. The van der Waals surface area contributed by atoms with E-state index in [4.69, 9.17) is 10.9 Å². The zero-order chi connectivity index (χ0) is 16.2. The number of hydrogen-bond donors (Lipinski definition) is 3. The molecular weight excluding hydrogens is 266 g/mol. The van der Waals surface area contributed by atoms with E-state index in [1.807, 2.05) is 38.1 Å².